The van der Waals surface area contributed by atoms with Gasteiger partial charge in [-0.15, -0.1) is 0 Å². The number of nitrogens with one attached hydrogen (secondary N) is 2. The van der Waals surface area contributed by atoms with Crippen LogP contribution in [-0.4, -0.2) is 42.9 Å². The maximum atomic E-state index is 12.9. The number of hydrogen-bond donors (Lipinski definition) is 3. The molecule has 0 aliphatic rings. The van der Waals surface area contributed by atoms with E-state index < -0.39 is 40.0 Å². The van der Waals surface area contributed by atoms with E-state index in [1.807, 2.05) is 0 Å². The number of aromatic carboxylic acids is 1. The second-order valence-corrected chi connectivity index (χ2v) is 5.89. The largest absolute Gasteiger partial charge is 0.477 e. The van der Waals surface area contributed by atoms with Gasteiger partial charge in [-0.1, -0.05) is 0 Å². The summed E-state index contributed by atoms with van der Waals surface area (Å²) in [6, 6.07) is 2.03. The van der Waals surface area contributed by atoms with Crippen LogP contribution in [0.2, 0.25) is 0 Å². The number of carboxylic acid groups (broad SMARTS) is 1. The van der Waals surface area contributed by atoms with Crippen LogP contribution in [-0.2, 0) is 4.74 Å². The molecule has 0 aromatic carbocycles. The van der Waals surface area contributed by atoms with E-state index in [2.05, 4.69) is 10.2 Å². The minimum atomic E-state index is -1.34. The molecule has 12 heteroatoms. The molecule has 4 aromatic rings. The zero-order valence-corrected chi connectivity index (χ0v) is 15.3. The van der Waals surface area contributed by atoms with Crippen molar-refractivity contribution in [2.45, 2.75) is 6.92 Å². The Balaban J connectivity index is 0.000000172. The number of H-pyrrole nitrogens is 2. The van der Waals surface area contributed by atoms with Crippen molar-refractivity contribution in [3.63, 3.8) is 0 Å². The molecule has 10 nitrogen and oxygen atoms in total. The first-order valence-electron chi connectivity index (χ1n) is 8.42. The molecule has 0 aliphatic carbocycles. The predicted octanol–water partition coefficient (Wildman–Crippen LogP) is 1.41. The van der Waals surface area contributed by atoms with Crippen molar-refractivity contribution in [1.29, 1.82) is 0 Å². The molecule has 0 bridgehead atoms. The first kappa shape index (κ1) is 20.5. The minimum Gasteiger partial charge on any atom is -0.477 e. The Kier molecular flexibility index (Phi) is 5.49. The number of esters is 1. The van der Waals surface area contributed by atoms with Crippen molar-refractivity contribution in [1.82, 2.24) is 19.2 Å². The van der Waals surface area contributed by atoms with Gasteiger partial charge in [-0.05, 0) is 6.92 Å². The van der Waals surface area contributed by atoms with E-state index in [4.69, 9.17) is 9.84 Å². The first-order chi connectivity index (χ1) is 14.2. The molecule has 0 radical (unpaired) electrons. The van der Waals surface area contributed by atoms with Crippen molar-refractivity contribution in [3.8, 4) is 0 Å². The van der Waals surface area contributed by atoms with Crippen molar-refractivity contribution in [2.24, 2.45) is 0 Å². The molecule has 0 saturated heterocycles. The Bertz CT molecular complexity index is 1380. The summed E-state index contributed by atoms with van der Waals surface area (Å²) in [7, 11) is 0. The monoisotopic (exact) mass is 420 g/mol. The second-order valence-electron chi connectivity index (χ2n) is 5.89. The van der Waals surface area contributed by atoms with Crippen LogP contribution in [0.4, 0.5) is 8.78 Å². The predicted molar refractivity (Wildman–Crippen MR) is 98.9 cm³/mol. The smallest absolute Gasteiger partial charge is 0.343 e. The fraction of sp³-hybridized carbons (Fsp3) is 0.111. The minimum absolute atomic E-state index is 0.0256. The Morgan fingerprint density at radius 1 is 0.967 bits per heavy atom. The molecule has 3 N–H and O–H groups in total. The normalized spacial score (nSPS) is 10.6. The van der Waals surface area contributed by atoms with Gasteiger partial charge in [-0.2, -0.15) is 0 Å². The molecule has 4 rings (SSSR count). The summed E-state index contributed by atoms with van der Waals surface area (Å²) < 4.78 is 32.6. The van der Waals surface area contributed by atoms with Crippen LogP contribution < -0.4 is 10.9 Å². The van der Waals surface area contributed by atoms with Gasteiger partial charge in [-0.3, -0.25) is 18.6 Å². The van der Waals surface area contributed by atoms with E-state index in [-0.39, 0.29) is 23.2 Å². The molecule has 0 fully saturated rings. The van der Waals surface area contributed by atoms with E-state index >= 15 is 0 Å². The van der Waals surface area contributed by atoms with Crippen LogP contribution >= 0.6 is 0 Å². The third kappa shape index (κ3) is 3.83. The molecular formula is C18H14F2N4O6. The number of hydrogen-bond acceptors (Lipinski definition) is 5. The maximum Gasteiger partial charge on any atom is 0.343 e. The van der Waals surface area contributed by atoms with E-state index in [9.17, 15) is 28.0 Å². The maximum absolute atomic E-state index is 12.9. The number of aromatic nitrogens is 4. The summed E-state index contributed by atoms with van der Waals surface area (Å²) in [6.45, 7) is 1.82. The third-order valence-corrected chi connectivity index (χ3v) is 3.95. The average molecular weight is 420 g/mol. The lowest BCUT2D eigenvalue weighted by molar-refractivity contribution is 0.0523. The van der Waals surface area contributed by atoms with Gasteiger partial charge in [0.25, 0.3) is 0 Å². The van der Waals surface area contributed by atoms with Gasteiger partial charge in [0.05, 0.1) is 19.0 Å². The summed E-state index contributed by atoms with van der Waals surface area (Å²) >= 11 is 0. The van der Waals surface area contributed by atoms with Crippen LogP contribution in [0.3, 0.4) is 0 Å². The summed E-state index contributed by atoms with van der Waals surface area (Å²) in [5.74, 6) is -3.20. The number of carbonyl (C=O) groups excluding carboxylic acids is 1. The number of rotatable bonds is 3. The van der Waals surface area contributed by atoms with Gasteiger partial charge in [0.1, 0.15) is 33.8 Å². The highest BCUT2D eigenvalue weighted by atomic mass is 19.1. The highest BCUT2D eigenvalue weighted by molar-refractivity contribution is 5.90. The van der Waals surface area contributed by atoms with Crippen LogP contribution in [0.1, 0.15) is 27.6 Å². The molecule has 0 saturated carbocycles. The highest BCUT2D eigenvalue weighted by Gasteiger charge is 2.15. The van der Waals surface area contributed by atoms with Gasteiger partial charge < -0.3 is 20.0 Å². The number of ether oxygens (including phenoxy) is 1. The molecule has 4 heterocycles. The topological polar surface area (TPSA) is 138 Å². The van der Waals surface area contributed by atoms with E-state index in [0.717, 1.165) is 35.2 Å². The molecule has 0 atom stereocenters. The Labute approximate surface area is 164 Å². The third-order valence-electron chi connectivity index (χ3n) is 3.95. The zero-order chi connectivity index (χ0) is 22.0. The molecule has 0 spiro atoms. The molecule has 0 unspecified atom stereocenters. The Morgan fingerprint density at radius 3 is 1.90 bits per heavy atom. The number of fused-ring (bicyclic) bond motifs is 2. The average Bonchev–Trinajstić information content (AvgIpc) is 3.25. The van der Waals surface area contributed by atoms with Gasteiger partial charge in [0.2, 0.25) is 10.9 Å². The molecule has 0 amide bonds. The summed E-state index contributed by atoms with van der Waals surface area (Å²) in [6.07, 6.45) is 4.40. The fourth-order valence-electron chi connectivity index (χ4n) is 2.62. The van der Waals surface area contributed by atoms with Crippen LogP contribution in [0.25, 0.3) is 11.0 Å². The molecule has 0 aliphatic heterocycles. The lowest BCUT2D eigenvalue weighted by Gasteiger charge is -2.01. The van der Waals surface area contributed by atoms with Gasteiger partial charge in [0, 0.05) is 24.5 Å². The van der Waals surface area contributed by atoms with Crippen molar-refractivity contribution < 1.29 is 28.2 Å². The zero-order valence-electron chi connectivity index (χ0n) is 15.3. The van der Waals surface area contributed by atoms with Gasteiger partial charge in [-0.25, -0.2) is 18.4 Å². The number of aromatic amines is 2. The van der Waals surface area contributed by atoms with Crippen molar-refractivity contribution >= 4 is 23.0 Å². The second kappa shape index (κ2) is 8.03. The van der Waals surface area contributed by atoms with E-state index in [1.54, 1.807) is 6.92 Å². The molecular weight excluding hydrogens is 406 g/mol. The number of nitrogens with zero attached hydrogens (tertiary/aromatic N) is 2. The molecule has 30 heavy (non-hydrogen) atoms. The Hall–Kier alpha value is -4.22. The quantitative estimate of drug-likeness (QED) is 0.429. The molecule has 4 aromatic heterocycles. The first-order valence-corrected chi connectivity index (χ1v) is 8.42. The van der Waals surface area contributed by atoms with E-state index in [1.165, 1.54) is 10.7 Å². The lowest BCUT2D eigenvalue weighted by Crippen LogP contribution is -2.19. The van der Waals surface area contributed by atoms with Crippen LogP contribution in [0.5, 0.6) is 0 Å². The summed E-state index contributed by atoms with van der Waals surface area (Å²) in [5, 5.41) is 13.7. The number of halogens is 2. The SMILES string of the molecule is CCOC(=O)c1c[nH]n2cc(F)cc2c1=O.O=C(O)c1c[nH]n2cc(F)cc2c1=O. The highest BCUT2D eigenvalue weighted by Crippen LogP contribution is 2.05. The number of carbonyl (C=O) groups is 2. The van der Waals surface area contributed by atoms with Crippen molar-refractivity contribution in [2.75, 3.05) is 6.61 Å². The standard InChI is InChI=1S/C10H9FN2O3.C8H5FN2O3/c1-2-16-10(15)7-4-12-13-5-6(11)3-8(13)9(7)14;9-4-1-6-7(12)5(8(13)14)2-10-11(6)3-4/h3-5,12H,2H2,1H3;1-3,10H,(H,13,14). The van der Waals surface area contributed by atoms with Crippen LogP contribution in [0, 0.1) is 11.6 Å². The molecule has 156 valence electrons. The lowest BCUT2D eigenvalue weighted by atomic mass is 10.3. The number of carboxylic acids is 1. The van der Waals surface area contributed by atoms with Crippen molar-refractivity contribution in [3.05, 3.63) is 80.1 Å². The van der Waals surface area contributed by atoms with Gasteiger partial charge in [0.15, 0.2) is 0 Å². The van der Waals surface area contributed by atoms with E-state index in [0.29, 0.717) is 0 Å². The Morgan fingerprint density at radius 2 is 1.43 bits per heavy atom. The summed E-state index contributed by atoms with van der Waals surface area (Å²) in [5.41, 5.74) is -1.75. The van der Waals surface area contributed by atoms with Crippen LogP contribution in [0.15, 0.2) is 46.5 Å². The summed E-state index contributed by atoms with van der Waals surface area (Å²) in [4.78, 5) is 45.1. The van der Waals surface area contributed by atoms with Gasteiger partial charge >= 0.3 is 11.9 Å². The fourth-order valence-corrected chi connectivity index (χ4v) is 2.62.